The van der Waals surface area contributed by atoms with E-state index in [1.807, 2.05) is 31.2 Å². The molecule has 1 atom stereocenters. The molecule has 0 aromatic heterocycles. The lowest BCUT2D eigenvalue weighted by molar-refractivity contribution is -0.384. The largest absolute Gasteiger partial charge is 0.491 e. The number of hydrogen-bond acceptors (Lipinski definition) is 5. The van der Waals surface area contributed by atoms with E-state index in [4.69, 9.17) is 9.47 Å². The molecule has 22 heavy (non-hydrogen) atoms. The Morgan fingerprint density at radius 2 is 1.73 bits per heavy atom. The minimum atomic E-state index is -0.796. The Bertz CT molecular complexity index is 627. The first-order valence-electron chi connectivity index (χ1n) is 6.79. The minimum Gasteiger partial charge on any atom is -0.491 e. The monoisotopic (exact) mass is 303 g/mol. The third-order valence-corrected chi connectivity index (χ3v) is 2.92. The molecule has 116 valence electrons. The fraction of sp³-hybridized carbons (Fsp3) is 0.250. The van der Waals surface area contributed by atoms with Gasteiger partial charge in [-0.2, -0.15) is 0 Å². The third kappa shape index (κ3) is 4.75. The summed E-state index contributed by atoms with van der Waals surface area (Å²) < 4.78 is 10.8. The average molecular weight is 303 g/mol. The van der Waals surface area contributed by atoms with Gasteiger partial charge < -0.3 is 14.6 Å². The molecule has 0 saturated carbocycles. The number of nitro benzene ring substituents is 1. The van der Waals surface area contributed by atoms with Crippen LogP contribution in [0.2, 0.25) is 0 Å². The van der Waals surface area contributed by atoms with Crippen LogP contribution >= 0.6 is 0 Å². The maximum Gasteiger partial charge on any atom is 0.269 e. The Kier molecular flexibility index (Phi) is 5.32. The Hall–Kier alpha value is -2.60. The highest BCUT2D eigenvalue weighted by molar-refractivity contribution is 5.36. The number of nitro groups is 1. The summed E-state index contributed by atoms with van der Waals surface area (Å²) in [6.07, 6.45) is -0.796. The van der Waals surface area contributed by atoms with Gasteiger partial charge in [-0.1, -0.05) is 12.1 Å². The van der Waals surface area contributed by atoms with Crippen LogP contribution in [0.25, 0.3) is 0 Å². The summed E-state index contributed by atoms with van der Waals surface area (Å²) in [6.45, 7) is 2.11. The van der Waals surface area contributed by atoms with E-state index in [2.05, 4.69) is 0 Å². The van der Waals surface area contributed by atoms with E-state index in [1.54, 1.807) is 0 Å². The van der Waals surface area contributed by atoms with Crippen molar-refractivity contribution in [3.05, 3.63) is 64.2 Å². The van der Waals surface area contributed by atoms with Crippen molar-refractivity contribution in [3.8, 4) is 11.5 Å². The predicted octanol–water partition coefficient (Wildman–Crippen LogP) is 2.72. The third-order valence-electron chi connectivity index (χ3n) is 2.92. The van der Waals surface area contributed by atoms with Gasteiger partial charge in [-0.3, -0.25) is 10.1 Å². The number of nitrogens with zero attached hydrogens (tertiary/aromatic N) is 1. The van der Waals surface area contributed by atoms with Gasteiger partial charge in [0.15, 0.2) is 0 Å². The van der Waals surface area contributed by atoms with Crippen LogP contribution in [0.1, 0.15) is 5.56 Å². The van der Waals surface area contributed by atoms with Crippen molar-refractivity contribution in [2.75, 3.05) is 13.2 Å². The summed E-state index contributed by atoms with van der Waals surface area (Å²) in [5, 5.41) is 20.4. The quantitative estimate of drug-likeness (QED) is 0.628. The fourth-order valence-electron chi connectivity index (χ4n) is 1.80. The van der Waals surface area contributed by atoms with E-state index in [9.17, 15) is 15.2 Å². The van der Waals surface area contributed by atoms with E-state index in [0.717, 1.165) is 5.56 Å². The van der Waals surface area contributed by atoms with Gasteiger partial charge in [-0.25, -0.2) is 0 Å². The summed E-state index contributed by atoms with van der Waals surface area (Å²) in [6, 6.07) is 13.2. The lowest BCUT2D eigenvalue weighted by Gasteiger charge is -2.13. The van der Waals surface area contributed by atoms with Crippen molar-refractivity contribution in [2.45, 2.75) is 13.0 Å². The van der Waals surface area contributed by atoms with E-state index in [-0.39, 0.29) is 18.9 Å². The van der Waals surface area contributed by atoms with Crippen LogP contribution in [0.3, 0.4) is 0 Å². The van der Waals surface area contributed by atoms with Crippen molar-refractivity contribution in [2.24, 2.45) is 0 Å². The number of aliphatic hydroxyl groups is 1. The number of rotatable bonds is 7. The minimum absolute atomic E-state index is 0.00400. The molecule has 0 bridgehead atoms. The van der Waals surface area contributed by atoms with E-state index in [1.165, 1.54) is 24.3 Å². The van der Waals surface area contributed by atoms with Crippen molar-refractivity contribution in [3.63, 3.8) is 0 Å². The second kappa shape index (κ2) is 7.42. The topological polar surface area (TPSA) is 81.8 Å². The first kappa shape index (κ1) is 15.8. The zero-order valence-electron chi connectivity index (χ0n) is 12.1. The molecule has 0 radical (unpaired) electrons. The van der Waals surface area contributed by atoms with E-state index in [0.29, 0.717) is 11.5 Å². The number of aryl methyl sites for hydroxylation is 1. The van der Waals surface area contributed by atoms with Gasteiger partial charge in [0.25, 0.3) is 5.69 Å². The molecule has 0 aliphatic heterocycles. The Labute approximate surface area is 128 Å². The number of ether oxygens (including phenoxy) is 2. The van der Waals surface area contributed by atoms with Crippen LogP contribution in [0.5, 0.6) is 11.5 Å². The molecule has 0 spiro atoms. The molecular weight excluding hydrogens is 286 g/mol. The number of non-ortho nitro benzene ring substituents is 1. The number of benzene rings is 2. The van der Waals surface area contributed by atoms with Crippen molar-refractivity contribution in [1.82, 2.24) is 0 Å². The molecule has 0 amide bonds. The van der Waals surface area contributed by atoms with E-state index >= 15 is 0 Å². The Balaban J connectivity index is 1.77. The molecule has 0 aliphatic rings. The number of aliphatic hydroxyl groups excluding tert-OH is 1. The molecule has 6 nitrogen and oxygen atoms in total. The summed E-state index contributed by atoms with van der Waals surface area (Å²) >= 11 is 0. The second-order valence-corrected chi connectivity index (χ2v) is 4.84. The summed E-state index contributed by atoms with van der Waals surface area (Å²) in [5.74, 6) is 1.15. The second-order valence-electron chi connectivity index (χ2n) is 4.84. The highest BCUT2D eigenvalue weighted by Gasteiger charge is 2.08. The molecule has 2 rings (SSSR count). The van der Waals surface area contributed by atoms with Gasteiger partial charge in [0.2, 0.25) is 0 Å². The summed E-state index contributed by atoms with van der Waals surface area (Å²) in [4.78, 5) is 10.1. The van der Waals surface area contributed by atoms with Crippen LogP contribution in [-0.4, -0.2) is 29.3 Å². The zero-order chi connectivity index (χ0) is 15.9. The van der Waals surface area contributed by atoms with Crippen LogP contribution in [0, 0.1) is 17.0 Å². The molecule has 2 aromatic carbocycles. The molecule has 0 aliphatic carbocycles. The van der Waals surface area contributed by atoms with Crippen LogP contribution < -0.4 is 9.47 Å². The molecule has 6 heteroatoms. The van der Waals surface area contributed by atoms with Crippen molar-refractivity contribution < 1.29 is 19.5 Å². The van der Waals surface area contributed by atoms with Gasteiger partial charge in [-0.05, 0) is 36.8 Å². The fourth-order valence-corrected chi connectivity index (χ4v) is 1.80. The standard InChI is InChI=1S/C16H17NO5/c1-12-3-2-4-16(9-12)22-11-14(18)10-21-15-7-5-13(6-8-15)17(19)20/h2-9,14,18H,10-11H2,1H3. The SMILES string of the molecule is Cc1cccc(OCC(O)COc2ccc([N+](=O)[O-])cc2)c1. The average Bonchev–Trinajstić information content (AvgIpc) is 2.51. The Morgan fingerprint density at radius 1 is 1.09 bits per heavy atom. The van der Waals surface area contributed by atoms with Crippen LogP contribution in [-0.2, 0) is 0 Å². The lowest BCUT2D eigenvalue weighted by atomic mass is 10.2. The molecule has 2 aromatic rings. The maximum absolute atomic E-state index is 10.5. The molecule has 0 saturated heterocycles. The molecule has 1 unspecified atom stereocenters. The van der Waals surface area contributed by atoms with Gasteiger partial charge in [0, 0.05) is 12.1 Å². The maximum atomic E-state index is 10.5. The van der Waals surface area contributed by atoms with Crippen molar-refractivity contribution >= 4 is 5.69 Å². The Morgan fingerprint density at radius 3 is 2.32 bits per heavy atom. The van der Waals surface area contributed by atoms with Crippen molar-refractivity contribution in [1.29, 1.82) is 0 Å². The molecular formula is C16H17NO5. The highest BCUT2D eigenvalue weighted by Crippen LogP contribution is 2.17. The first-order chi connectivity index (χ1) is 10.5. The van der Waals surface area contributed by atoms with Gasteiger partial charge in [-0.15, -0.1) is 0 Å². The van der Waals surface area contributed by atoms with Gasteiger partial charge in [0.1, 0.15) is 30.8 Å². The predicted molar refractivity (Wildman–Crippen MR) is 81.3 cm³/mol. The first-order valence-corrected chi connectivity index (χ1v) is 6.79. The van der Waals surface area contributed by atoms with Crippen LogP contribution in [0.4, 0.5) is 5.69 Å². The van der Waals surface area contributed by atoms with E-state index < -0.39 is 11.0 Å². The molecule has 0 fully saturated rings. The zero-order valence-corrected chi connectivity index (χ0v) is 12.1. The summed E-state index contributed by atoms with van der Waals surface area (Å²) in [7, 11) is 0. The molecule has 0 heterocycles. The molecule has 1 N–H and O–H groups in total. The smallest absolute Gasteiger partial charge is 0.269 e. The van der Waals surface area contributed by atoms with Crippen LogP contribution in [0.15, 0.2) is 48.5 Å². The number of hydrogen-bond donors (Lipinski definition) is 1. The van der Waals surface area contributed by atoms with Gasteiger partial charge >= 0.3 is 0 Å². The lowest BCUT2D eigenvalue weighted by Crippen LogP contribution is -2.25. The summed E-state index contributed by atoms with van der Waals surface area (Å²) in [5.41, 5.74) is 1.07. The normalized spacial score (nSPS) is 11.7. The van der Waals surface area contributed by atoms with Gasteiger partial charge in [0.05, 0.1) is 4.92 Å². The highest BCUT2D eigenvalue weighted by atomic mass is 16.6.